The van der Waals surface area contributed by atoms with Gasteiger partial charge in [-0.15, -0.1) is 0 Å². The number of hydrogen-bond acceptors (Lipinski definition) is 3. The van der Waals surface area contributed by atoms with E-state index in [-0.39, 0.29) is 5.54 Å². The van der Waals surface area contributed by atoms with E-state index in [1.54, 1.807) is 7.11 Å². The maximum atomic E-state index is 5.34. The lowest BCUT2D eigenvalue weighted by Gasteiger charge is -2.43. The van der Waals surface area contributed by atoms with Crippen LogP contribution in [0.3, 0.4) is 0 Å². The zero-order valence-electron chi connectivity index (χ0n) is 9.79. The van der Waals surface area contributed by atoms with Crippen molar-refractivity contribution in [2.45, 2.75) is 19.4 Å². The first-order valence-electron chi connectivity index (χ1n) is 5.21. The molecule has 0 radical (unpaired) electrons. The molecule has 82 valence electrons. The van der Waals surface area contributed by atoms with Crippen LogP contribution in [0.2, 0.25) is 0 Å². The number of nitrogens with zero attached hydrogens (tertiary/aromatic N) is 1. The van der Waals surface area contributed by atoms with E-state index in [1.807, 2.05) is 12.1 Å². The monoisotopic (exact) mass is 206 g/mol. The normalized spacial score (nSPS) is 18.0. The van der Waals surface area contributed by atoms with Crippen molar-refractivity contribution >= 4 is 11.4 Å². The highest BCUT2D eigenvalue weighted by molar-refractivity contribution is 5.79. The number of rotatable bonds is 1. The molecule has 0 amide bonds. The highest BCUT2D eigenvalue weighted by Crippen LogP contribution is 2.40. The standard InChI is InChI=1S/C12H18N2O/c1-12(2)8-13-11-9(14(12)3)6-5-7-10(11)15-4/h5-7,13H,8H2,1-4H3. The summed E-state index contributed by atoms with van der Waals surface area (Å²) >= 11 is 0. The first kappa shape index (κ1) is 10.1. The number of nitrogens with one attached hydrogen (secondary N) is 1. The van der Waals surface area contributed by atoms with Crippen molar-refractivity contribution in [1.82, 2.24) is 0 Å². The molecule has 0 unspecified atom stereocenters. The van der Waals surface area contributed by atoms with E-state index >= 15 is 0 Å². The molecule has 1 N–H and O–H groups in total. The zero-order valence-corrected chi connectivity index (χ0v) is 9.79. The molecule has 1 aromatic rings. The Morgan fingerprint density at radius 3 is 2.80 bits per heavy atom. The van der Waals surface area contributed by atoms with Gasteiger partial charge in [-0.05, 0) is 26.0 Å². The Bertz CT molecular complexity index is 374. The number of methoxy groups -OCH3 is 1. The van der Waals surface area contributed by atoms with Crippen LogP contribution in [0, 0.1) is 0 Å². The second kappa shape index (κ2) is 3.33. The summed E-state index contributed by atoms with van der Waals surface area (Å²) in [6, 6.07) is 6.13. The second-order valence-electron chi connectivity index (χ2n) is 4.58. The first-order valence-corrected chi connectivity index (χ1v) is 5.21. The maximum absolute atomic E-state index is 5.34. The summed E-state index contributed by atoms with van der Waals surface area (Å²) in [7, 11) is 3.83. The number of hydrogen-bond donors (Lipinski definition) is 1. The SMILES string of the molecule is COc1cccc2c1NCC(C)(C)N2C. The fourth-order valence-corrected chi connectivity index (χ4v) is 1.90. The fraction of sp³-hybridized carbons (Fsp3) is 0.500. The summed E-state index contributed by atoms with van der Waals surface area (Å²) in [6.07, 6.45) is 0. The summed E-state index contributed by atoms with van der Waals surface area (Å²) in [6.45, 7) is 5.38. The van der Waals surface area contributed by atoms with Gasteiger partial charge in [-0.25, -0.2) is 0 Å². The van der Waals surface area contributed by atoms with Gasteiger partial charge < -0.3 is 15.0 Å². The van der Waals surface area contributed by atoms with Crippen LogP contribution in [0.25, 0.3) is 0 Å². The van der Waals surface area contributed by atoms with E-state index in [0.29, 0.717) is 0 Å². The van der Waals surface area contributed by atoms with E-state index in [4.69, 9.17) is 4.74 Å². The maximum Gasteiger partial charge on any atom is 0.144 e. The number of benzene rings is 1. The molecular formula is C12H18N2O. The molecule has 0 aliphatic carbocycles. The van der Waals surface area contributed by atoms with Crippen LogP contribution >= 0.6 is 0 Å². The highest BCUT2D eigenvalue weighted by atomic mass is 16.5. The molecule has 1 aliphatic rings. The van der Waals surface area contributed by atoms with Crippen molar-refractivity contribution in [3.05, 3.63) is 18.2 Å². The van der Waals surface area contributed by atoms with Gasteiger partial charge in [0.05, 0.1) is 18.3 Å². The molecule has 3 heteroatoms. The number of likely N-dealkylation sites (N-methyl/N-ethyl adjacent to an activating group) is 1. The Morgan fingerprint density at radius 2 is 2.13 bits per heavy atom. The van der Waals surface area contributed by atoms with Crippen molar-refractivity contribution in [2.24, 2.45) is 0 Å². The number of fused-ring (bicyclic) bond motifs is 1. The molecule has 0 saturated carbocycles. The van der Waals surface area contributed by atoms with Crippen LogP contribution in [0.5, 0.6) is 5.75 Å². The zero-order chi connectivity index (χ0) is 11.1. The van der Waals surface area contributed by atoms with Crippen molar-refractivity contribution < 1.29 is 4.74 Å². The summed E-state index contributed by atoms with van der Waals surface area (Å²) in [4.78, 5) is 2.29. The third-order valence-electron chi connectivity index (χ3n) is 3.19. The number of para-hydroxylation sites is 1. The van der Waals surface area contributed by atoms with Crippen molar-refractivity contribution in [3.63, 3.8) is 0 Å². The largest absolute Gasteiger partial charge is 0.495 e. The van der Waals surface area contributed by atoms with Crippen LogP contribution in [0.15, 0.2) is 18.2 Å². The van der Waals surface area contributed by atoms with Crippen LogP contribution < -0.4 is 15.0 Å². The minimum absolute atomic E-state index is 0.138. The first-order chi connectivity index (χ1) is 7.06. The van der Waals surface area contributed by atoms with Gasteiger partial charge in [-0.2, -0.15) is 0 Å². The van der Waals surface area contributed by atoms with Crippen LogP contribution in [0.4, 0.5) is 11.4 Å². The lowest BCUT2D eigenvalue weighted by Crippen LogP contribution is -2.50. The van der Waals surface area contributed by atoms with Crippen molar-refractivity contribution in [1.29, 1.82) is 0 Å². The number of ether oxygens (including phenoxy) is 1. The van der Waals surface area contributed by atoms with Crippen LogP contribution in [-0.2, 0) is 0 Å². The third-order valence-corrected chi connectivity index (χ3v) is 3.19. The van der Waals surface area contributed by atoms with Gasteiger partial charge in [-0.1, -0.05) is 6.07 Å². The van der Waals surface area contributed by atoms with Gasteiger partial charge in [0.1, 0.15) is 11.4 Å². The summed E-state index contributed by atoms with van der Waals surface area (Å²) in [5, 5.41) is 3.44. The Labute approximate surface area is 91.0 Å². The van der Waals surface area contributed by atoms with Gasteiger partial charge in [0.15, 0.2) is 0 Å². The molecule has 3 nitrogen and oxygen atoms in total. The predicted octanol–water partition coefficient (Wildman–Crippen LogP) is 2.34. The van der Waals surface area contributed by atoms with Gasteiger partial charge >= 0.3 is 0 Å². The molecule has 1 aliphatic heterocycles. The quantitative estimate of drug-likeness (QED) is 0.763. The average molecular weight is 206 g/mol. The Morgan fingerprint density at radius 1 is 1.40 bits per heavy atom. The van der Waals surface area contributed by atoms with Crippen LogP contribution in [0.1, 0.15) is 13.8 Å². The second-order valence-corrected chi connectivity index (χ2v) is 4.58. The lowest BCUT2D eigenvalue weighted by atomic mass is 9.98. The van der Waals surface area contributed by atoms with Crippen LogP contribution in [-0.4, -0.2) is 26.2 Å². The predicted molar refractivity (Wildman–Crippen MR) is 64.0 cm³/mol. The molecule has 0 saturated heterocycles. The van der Waals surface area contributed by atoms with Gasteiger partial charge in [-0.3, -0.25) is 0 Å². The molecule has 0 aromatic heterocycles. The minimum Gasteiger partial charge on any atom is -0.495 e. The molecule has 0 atom stereocenters. The molecule has 0 bridgehead atoms. The van der Waals surface area contributed by atoms with E-state index < -0.39 is 0 Å². The van der Waals surface area contributed by atoms with Gasteiger partial charge in [0.25, 0.3) is 0 Å². The molecule has 0 spiro atoms. The molecule has 0 fully saturated rings. The highest BCUT2D eigenvalue weighted by Gasteiger charge is 2.30. The smallest absolute Gasteiger partial charge is 0.144 e. The van der Waals surface area contributed by atoms with E-state index in [2.05, 4.69) is 37.2 Å². The van der Waals surface area contributed by atoms with E-state index in [0.717, 1.165) is 18.0 Å². The lowest BCUT2D eigenvalue weighted by molar-refractivity contribution is 0.413. The Hall–Kier alpha value is -1.38. The van der Waals surface area contributed by atoms with E-state index in [1.165, 1.54) is 5.69 Å². The van der Waals surface area contributed by atoms with Crippen molar-refractivity contribution in [2.75, 3.05) is 30.9 Å². The third kappa shape index (κ3) is 1.52. The van der Waals surface area contributed by atoms with E-state index in [9.17, 15) is 0 Å². The molecule has 15 heavy (non-hydrogen) atoms. The Balaban J connectivity index is 2.49. The molecule has 2 rings (SSSR count). The fourth-order valence-electron chi connectivity index (χ4n) is 1.90. The molecular weight excluding hydrogens is 188 g/mol. The summed E-state index contributed by atoms with van der Waals surface area (Å²) < 4.78 is 5.34. The van der Waals surface area contributed by atoms with Gasteiger partial charge in [0.2, 0.25) is 0 Å². The summed E-state index contributed by atoms with van der Waals surface area (Å²) in [5.74, 6) is 0.912. The number of anilines is 2. The molecule has 1 heterocycles. The summed E-state index contributed by atoms with van der Waals surface area (Å²) in [5.41, 5.74) is 2.44. The average Bonchev–Trinajstić information content (AvgIpc) is 2.23. The minimum atomic E-state index is 0.138. The Kier molecular flexibility index (Phi) is 2.25. The topological polar surface area (TPSA) is 24.5 Å². The molecule has 1 aromatic carbocycles. The van der Waals surface area contributed by atoms with Gasteiger partial charge in [0, 0.05) is 13.6 Å². The van der Waals surface area contributed by atoms with Crippen molar-refractivity contribution in [3.8, 4) is 5.75 Å².